The summed E-state index contributed by atoms with van der Waals surface area (Å²) < 4.78 is 0. The minimum Gasteiger partial charge on any atom is -0.350 e. The number of nitrogens with zero attached hydrogens (tertiary/aromatic N) is 2. The van der Waals surface area contributed by atoms with E-state index in [-0.39, 0.29) is 17.9 Å². The fraction of sp³-hybridized carbons (Fsp3) is 0.364. The van der Waals surface area contributed by atoms with Crippen LogP contribution in [0.5, 0.6) is 0 Å². The van der Waals surface area contributed by atoms with E-state index in [4.69, 9.17) is 11.6 Å². The van der Waals surface area contributed by atoms with Crippen LogP contribution >= 0.6 is 11.6 Å². The third kappa shape index (κ3) is 4.37. The van der Waals surface area contributed by atoms with Gasteiger partial charge in [-0.25, -0.2) is 0 Å². The van der Waals surface area contributed by atoms with Crippen LogP contribution in [0.3, 0.4) is 0 Å². The lowest BCUT2D eigenvalue weighted by Crippen LogP contribution is -2.34. The molecule has 0 radical (unpaired) electrons. The maximum absolute atomic E-state index is 12.7. The molecule has 1 heterocycles. The summed E-state index contributed by atoms with van der Waals surface area (Å²) in [6, 6.07) is 13.3. The van der Waals surface area contributed by atoms with E-state index in [0.29, 0.717) is 30.1 Å². The standard InChI is InChI=1S/C22H26ClN3O2/c1-4-21(27)26-12-11-16-13-17(7-10-19(16)26)22(28)24-14-20(25(2)3)15-5-8-18(23)9-6-15/h5-10,13,20H,4,11-12,14H2,1-3H3,(H,24,28)/t20-/m1/s1. The monoisotopic (exact) mass is 399 g/mol. The first kappa shape index (κ1) is 20.4. The van der Waals surface area contributed by atoms with Crippen molar-refractivity contribution in [3.63, 3.8) is 0 Å². The Bertz CT molecular complexity index is 865. The Morgan fingerprint density at radius 3 is 2.54 bits per heavy atom. The molecule has 2 aromatic rings. The molecule has 0 saturated carbocycles. The predicted molar refractivity (Wildman–Crippen MR) is 113 cm³/mol. The van der Waals surface area contributed by atoms with Gasteiger partial charge in [0, 0.05) is 35.8 Å². The van der Waals surface area contributed by atoms with Crippen molar-refractivity contribution in [3.05, 3.63) is 64.2 Å². The number of benzene rings is 2. The minimum atomic E-state index is -0.108. The van der Waals surface area contributed by atoms with E-state index in [1.54, 1.807) is 11.0 Å². The van der Waals surface area contributed by atoms with Crippen LogP contribution in [0.15, 0.2) is 42.5 Å². The second-order valence-corrected chi connectivity index (χ2v) is 7.67. The summed E-state index contributed by atoms with van der Waals surface area (Å²) in [6.45, 7) is 3.04. The molecular weight excluding hydrogens is 374 g/mol. The first-order valence-corrected chi connectivity index (χ1v) is 9.92. The molecule has 3 rings (SSSR count). The molecule has 1 N–H and O–H groups in total. The van der Waals surface area contributed by atoms with Crippen LogP contribution in [0.2, 0.25) is 5.02 Å². The average molecular weight is 400 g/mol. The number of fused-ring (bicyclic) bond motifs is 1. The molecule has 0 aromatic heterocycles. The van der Waals surface area contributed by atoms with Crippen LogP contribution in [0.25, 0.3) is 0 Å². The molecule has 0 saturated heterocycles. The molecule has 1 aliphatic rings. The van der Waals surface area contributed by atoms with Crippen molar-refractivity contribution in [2.24, 2.45) is 0 Å². The summed E-state index contributed by atoms with van der Waals surface area (Å²) in [4.78, 5) is 28.6. The summed E-state index contributed by atoms with van der Waals surface area (Å²) in [6.07, 6.45) is 1.27. The van der Waals surface area contributed by atoms with Gasteiger partial charge in [-0.2, -0.15) is 0 Å². The Labute approximate surface area is 171 Å². The highest BCUT2D eigenvalue weighted by Gasteiger charge is 2.24. The van der Waals surface area contributed by atoms with Gasteiger partial charge in [0.25, 0.3) is 5.91 Å². The highest BCUT2D eigenvalue weighted by molar-refractivity contribution is 6.30. The Hall–Kier alpha value is -2.37. The number of hydrogen-bond donors (Lipinski definition) is 1. The summed E-state index contributed by atoms with van der Waals surface area (Å²) in [5, 5.41) is 3.73. The van der Waals surface area contributed by atoms with Gasteiger partial charge < -0.3 is 15.1 Å². The lowest BCUT2D eigenvalue weighted by molar-refractivity contribution is -0.118. The summed E-state index contributed by atoms with van der Waals surface area (Å²) in [7, 11) is 3.97. The van der Waals surface area contributed by atoms with Crippen molar-refractivity contribution in [2.75, 3.05) is 32.1 Å². The van der Waals surface area contributed by atoms with Crippen molar-refractivity contribution >= 4 is 29.1 Å². The molecule has 2 amide bonds. The molecule has 1 atom stereocenters. The second-order valence-electron chi connectivity index (χ2n) is 7.23. The number of carbonyl (C=O) groups is 2. The van der Waals surface area contributed by atoms with E-state index >= 15 is 0 Å². The number of amides is 2. The third-order valence-corrected chi connectivity index (χ3v) is 5.43. The molecule has 0 aliphatic carbocycles. The van der Waals surface area contributed by atoms with Crippen LogP contribution in [-0.4, -0.2) is 43.9 Å². The predicted octanol–water partition coefficient (Wildman–Crippen LogP) is 3.67. The largest absolute Gasteiger partial charge is 0.350 e. The lowest BCUT2D eigenvalue weighted by atomic mass is 10.1. The average Bonchev–Trinajstić information content (AvgIpc) is 3.11. The molecule has 0 spiro atoms. The number of anilines is 1. The molecule has 5 nitrogen and oxygen atoms in total. The van der Waals surface area contributed by atoms with Gasteiger partial charge in [0.1, 0.15) is 0 Å². The van der Waals surface area contributed by atoms with Gasteiger partial charge in [-0.15, -0.1) is 0 Å². The maximum Gasteiger partial charge on any atom is 0.251 e. The molecule has 2 aromatic carbocycles. The first-order valence-electron chi connectivity index (χ1n) is 9.54. The van der Waals surface area contributed by atoms with Crippen LogP contribution < -0.4 is 10.2 Å². The zero-order chi connectivity index (χ0) is 20.3. The van der Waals surface area contributed by atoms with Crippen LogP contribution in [0.4, 0.5) is 5.69 Å². The Balaban J connectivity index is 1.69. The fourth-order valence-corrected chi connectivity index (χ4v) is 3.69. The number of carbonyl (C=O) groups excluding carboxylic acids is 2. The topological polar surface area (TPSA) is 52.7 Å². The number of nitrogens with one attached hydrogen (secondary N) is 1. The zero-order valence-electron chi connectivity index (χ0n) is 16.5. The molecular formula is C22H26ClN3O2. The smallest absolute Gasteiger partial charge is 0.251 e. The molecule has 0 fully saturated rings. The van der Waals surface area contributed by atoms with Crippen LogP contribution in [0.1, 0.15) is 40.9 Å². The zero-order valence-corrected chi connectivity index (χ0v) is 17.3. The number of likely N-dealkylation sites (N-methyl/N-ethyl adjacent to an activating group) is 1. The van der Waals surface area contributed by atoms with E-state index in [1.807, 2.05) is 57.4 Å². The minimum absolute atomic E-state index is 0.0494. The third-order valence-electron chi connectivity index (χ3n) is 5.17. The highest BCUT2D eigenvalue weighted by Crippen LogP contribution is 2.29. The Morgan fingerprint density at radius 1 is 1.18 bits per heavy atom. The quantitative estimate of drug-likeness (QED) is 0.806. The number of rotatable bonds is 6. The second kappa shape index (κ2) is 8.76. The molecule has 0 bridgehead atoms. The number of hydrogen-bond acceptors (Lipinski definition) is 3. The van der Waals surface area contributed by atoms with Gasteiger partial charge in [0.15, 0.2) is 0 Å². The van der Waals surface area contributed by atoms with Gasteiger partial charge in [-0.3, -0.25) is 9.59 Å². The van der Waals surface area contributed by atoms with E-state index in [2.05, 4.69) is 10.2 Å². The lowest BCUT2D eigenvalue weighted by Gasteiger charge is -2.25. The SMILES string of the molecule is CCC(=O)N1CCc2cc(C(=O)NC[C@H](c3ccc(Cl)cc3)N(C)C)ccc21. The highest BCUT2D eigenvalue weighted by atomic mass is 35.5. The van der Waals surface area contributed by atoms with E-state index in [0.717, 1.165) is 23.2 Å². The molecule has 6 heteroatoms. The Morgan fingerprint density at radius 2 is 1.89 bits per heavy atom. The van der Waals surface area contributed by atoms with Crippen molar-refractivity contribution in [3.8, 4) is 0 Å². The van der Waals surface area contributed by atoms with Crippen molar-refractivity contribution in [2.45, 2.75) is 25.8 Å². The van der Waals surface area contributed by atoms with Gasteiger partial charge in [0.05, 0.1) is 6.04 Å². The summed E-state index contributed by atoms with van der Waals surface area (Å²) in [5.74, 6) is 0.0108. The number of halogens is 1. The van der Waals surface area contributed by atoms with Crippen LogP contribution in [0, 0.1) is 0 Å². The molecule has 148 valence electrons. The first-order chi connectivity index (χ1) is 13.4. The normalized spacial score (nSPS) is 14.1. The van der Waals surface area contributed by atoms with E-state index in [1.165, 1.54) is 0 Å². The molecule has 28 heavy (non-hydrogen) atoms. The van der Waals surface area contributed by atoms with Crippen molar-refractivity contribution in [1.82, 2.24) is 10.2 Å². The van der Waals surface area contributed by atoms with Gasteiger partial charge >= 0.3 is 0 Å². The summed E-state index contributed by atoms with van der Waals surface area (Å²) >= 11 is 5.98. The molecule has 1 aliphatic heterocycles. The van der Waals surface area contributed by atoms with Crippen molar-refractivity contribution in [1.29, 1.82) is 0 Å². The molecule has 0 unspecified atom stereocenters. The Kier molecular flexibility index (Phi) is 6.37. The van der Waals surface area contributed by atoms with Crippen molar-refractivity contribution < 1.29 is 9.59 Å². The van der Waals surface area contributed by atoms with Gasteiger partial charge in [0.2, 0.25) is 5.91 Å². The maximum atomic E-state index is 12.7. The van der Waals surface area contributed by atoms with E-state index < -0.39 is 0 Å². The van der Waals surface area contributed by atoms with Crippen LogP contribution in [-0.2, 0) is 11.2 Å². The fourth-order valence-electron chi connectivity index (χ4n) is 3.57. The van der Waals surface area contributed by atoms with E-state index in [9.17, 15) is 9.59 Å². The van der Waals surface area contributed by atoms with Gasteiger partial charge in [-0.1, -0.05) is 30.7 Å². The van der Waals surface area contributed by atoms with Gasteiger partial charge in [-0.05, 0) is 62.0 Å². The summed E-state index contributed by atoms with van der Waals surface area (Å²) in [5.41, 5.74) is 3.70.